The minimum atomic E-state index is -3.62. The lowest BCUT2D eigenvalue weighted by Gasteiger charge is -2.31. The molecule has 1 N–H and O–H groups in total. The van der Waals surface area contributed by atoms with Gasteiger partial charge in [0, 0.05) is 38.4 Å². The van der Waals surface area contributed by atoms with Crippen molar-refractivity contribution in [2.75, 3.05) is 13.1 Å². The summed E-state index contributed by atoms with van der Waals surface area (Å²) in [6.07, 6.45) is 4.21. The number of aryl methyl sites for hydroxylation is 3. The second-order valence-electron chi connectivity index (χ2n) is 8.82. The molecule has 4 rings (SSSR count). The number of nitrogens with one attached hydrogen (secondary N) is 1. The van der Waals surface area contributed by atoms with Crippen molar-refractivity contribution < 1.29 is 17.6 Å². The largest absolute Gasteiger partial charge is 0.342 e. The van der Waals surface area contributed by atoms with Gasteiger partial charge in [0.1, 0.15) is 17.7 Å². The van der Waals surface area contributed by atoms with Crippen molar-refractivity contribution in [3.63, 3.8) is 0 Å². The molecule has 0 unspecified atom stereocenters. The molecule has 2 heterocycles. The third-order valence-electron chi connectivity index (χ3n) is 6.53. The van der Waals surface area contributed by atoms with E-state index in [-0.39, 0.29) is 29.8 Å². The zero-order valence-corrected chi connectivity index (χ0v) is 20.3. The monoisotopic (exact) mass is 484 g/mol. The molecule has 1 fully saturated rings. The van der Waals surface area contributed by atoms with Gasteiger partial charge in [-0.3, -0.25) is 4.79 Å². The van der Waals surface area contributed by atoms with Gasteiger partial charge in [-0.25, -0.2) is 17.8 Å². The first-order valence-corrected chi connectivity index (χ1v) is 12.7. The summed E-state index contributed by atoms with van der Waals surface area (Å²) in [7, 11) is -1.80. The lowest BCUT2D eigenvalue weighted by atomic mass is 9.96. The maximum Gasteiger partial charge on any atom is 0.243 e. The Morgan fingerprint density at radius 2 is 1.85 bits per heavy atom. The van der Waals surface area contributed by atoms with Gasteiger partial charge in [-0.15, -0.1) is 0 Å². The van der Waals surface area contributed by atoms with Crippen molar-refractivity contribution in [1.82, 2.24) is 19.2 Å². The van der Waals surface area contributed by atoms with Crippen LogP contribution in [0.25, 0.3) is 0 Å². The van der Waals surface area contributed by atoms with E-state index in [0.717, 1.165) is 11.1 Å². The number of hydrogen-bond acceptors (Lipinski definition) is 4. The van der Waals surface area contributed by atoms with E-state index in [1.54, 1.807) is 41.2 Å². The zero-order valence-electron chi connectivity index (χ0n) is 19.5. The van der Waals surface area contributed by atoms with E-state index in [2.05, 4.69) is 10.3 Å². The summed E-state index contributed by atoms with van der Waals surface area (Å²) in [4.78, 5) is 17.8. The molecule has 0 bridgehead atoms. The molecule has 3 aromatic rings. The molecule has 1 aliphatic heterocycles. The maximum atomic E-state index is 13.9. The van der Waals surface area contributed by atoms with Crippen LogP contribution in [0, 0.1) is 25.6 Å². The zero-order chi connectivity index (χ0) is 24.5. The van der Waals surface area contributed by atoms with Gasteiger partial charge in [0.15, 0.2) is 0 Å². The van der Waals surface area contributed by atoms with Crippen molar-refractivity contribution in [2.24, 2.45) is 13.0 Å². The summed E-state index contributed by atoms with van der Waals surface area (Å²) in [6.45, 7) is 4.36. The van der Waals surface area contributed by atoms with E-state index in [0.29, 0.717) is 24.2 Å². The number of carbonyl (C=O) groups excluding carboxylic acids is 1. The van der Waals surface area contributed by atoms with Crippen molar-refractivity contribution in [2.45, 2.75) is 37.6 Å². The highest BCUT2D eigenvalue weighted by Crippen LogP contribution is 2.27. The van der Waals surface area contributed by atoms with Gasteiger partial charge in [0.2, 0.25) is 15.9 Å². The first-order chi connectivity index (χ1) is 16.2. The molecule has 0 saturated carbocycles. The van der Waals surface area contributed by atoms with E-state index in [9.17, 15) is 17.6 Å². The van der Waals surface area contributed by atoms with Gasteiger partial charge in [-0.05, 0) is 67.6 Å². The number of nitrogens with zero attached hydrogens (tertiary/aromatic N) is 3. The smallest absolute Gasteiger partial charge is 0.243 e. The highest BCUT2D eigenvalue weighted by atomic mass is 32.2. The summed E-state index contributed by atoms with van der Waals surface area (Å²) in [5.41, 5.74) is 2.56. The predicted octanol–water partition coefficient (Wildman–Crippen LogP) is 3.48. The highest BCUT2D eigenvalue weighted by Gasteiger charge is 2.33. The van der Waals surface area contributed by atoms with Gasteiger partial charge < -0.3 is 9.88 Å². The molecular formula is C25H29FN4O3S. The van der Waals surface area contributed by atoms with Crippen LogP contribution in [0.15, 0.2) is 59.8 Å². The number of halogens is 1. The number of sulfonamides is 1. The molecule has 0 spiro atoms. The number of amides is 1. The Morgan fingerprint density at radius 1 is 1.12 bits per heavy atom. The fourth-order valence-electron chi connectivity index (χ4n) is 4.28. The van der Waals surface area contributed by atoms with E-state index in [1.165, 1.54) is 16.4 Å². The van der Waals surface area contributed by atoms with Gasteiger partial charge in [-0.1, -0.05) is 18.2 Å². The van der Waals surface area contributed by atoms with Crippen LogP contribution >= 0.6 is 0 Å². The van der Waals surface area contributed by atoms with Crippen LogP contribution < -0.4 is 5.32 Å². The van der Waals surface area contributed by atoms with Crippen LogP contribution in [-0.2, 0) is 21.9 Å². The summed E-state index contributed by atoms with van der Waals surface area (Å²) in [5.74, 6) is -0.340. The van der Waals surface area contributed by atoms with E-state index >= 15 is 0 Å². The van der Waals surface area contributed by atoms with Crippen LogP contribution in [0.3, 0.4) is 0 Å². The van der Waals surface area contributed by atoms with E-state index in [1.807, 2.05) is 27.0 Å². The third kappa shape index (κ3) is 4.90. The Hall–Kier alpha value is -3.04. The van der Waals surface area contributed by atoms with Crippen LogP contribution in [0.1, 0.15) is 41.4 Å². The molecule has 0 aliphatic carbocycles. The minimum absolute atomic E-state index is 0.194. The normalized spacial score (nSPS) is 16.4. The van der Waals surface area contributed by atoms with Crippen molar-refractivity contribution in [1.29, 1.82) is 0 Å². The summed E-state index contributed by atoms with van der Waals surface area (Å²) in [6, 6.07) is 10.6. The summed E-state index contributed by atoms with van der Waals surface area (Å²) >= 11 is 0. The van der Waals surface area contributed by atoms with E-state index < -0.39 is 21.9 Å². The van der Waals surface area contributed by atoms with Crippen molar-refractivity contribution in [3.8, 4) is 0 Å². The molecule has 180 valence electrons. The first-order valence-electron chi connectivity index (χ1n) is 11.3. The molecule has 1 atom stereocenters. The SMILES string of the molecule is Cc1ccc(S(=O)(=O)N2CCC(C(=O)N[C@@H](c3cccc(F)c3)c3nccn3C)CC2)cc1C. The Labute approximate surface area is 199 Å². The average Bonchev–Trinajstić information content (AvgIpc) is 3.24. The van der Waals surface area contributed by atoms with Crippen molar-refractivity contribution >= 4 is 15.9 Å². The van der Waals surface area contributed by atoms with Gasteiger partial charge >= 0.3 is 0 Å². The number of piperidine rings is 1. The quantitative estimate of drug-likeness (QED) is 0.581. The molecule has 7 nitrogen and oxygen atoms in total. The van der Waals surface area contributed by atoms with E-state index in [4.69, 9.17) is 0 Å². The molecule has 1 saturated heterocycles. The second kappa shape index (κ2) is 9.68. The number of aromatic nitrogens is 2. The molecule has 1 aromatic heterocycles. The first kappa shape index (κ1) is 24.1. The fourth-order valence-corrected chi connectivity index (χ4v) is 5.84. The number of imidazole rings is 1. The predicted molar refractivity (Wildman–Crippen MR) is 127 cm³/mol. The van der Waals surface area contributed by atoms with Crippen molar-refractivity contribution in [3.05, 3.63) is 83.2 Å². The van der Waals surface area contributed by atoms with Gasteiger partial charge in [-0.2, -0.15) is 4.31 Å². The van der Waals surface area contributed by atoms with Gasteiger partial charge in [0.25, 0.3) is 0 Å². The highest BCUT2D eigenvalue weighted by molar-refractivity contribution is 7.89. The Morgan fingerprint density at radius 3 is 2.47 bits per heavy atom. The summed E-state index contributed by atoms with van der Waals surface area (Å²) < 4.78 is 43.3. The number of rotatable bonds is 6. The molecule has 34 heavy (non-hydrogen) atoms. The maximum absolute atomic E-state index is 13.9. The third-order valence-corrected chi connectivity index (χ3v) is 8.42. The molecular weight excluding hydrogens is 455 g/mol. The number of carbonyl (C=O) groups is 1. The average molecular weight is 485 g/mol. The van der Waals surface area contributed by atoms with Crippen LogP contribution in [0.5, 0.6) is 0 Å². The topological polar surface area (TPSA) is 84.3 Å². The molecule has 9 heteroatoms. The number of hydrogen-bond donors (Lipinski definition) is 1. The Bertz CT molecular complexity index is 1300. The minimum Gasteiger partial charge on any atom is -0.342 e. The lowest BCUT2D eigenvalue weighted by molar-refractivity contribution is -0.126. The van der Waals surface area contributed by atoms with Crippen LogP contribution in [0.2, 0.25) is 0 Å². The van der Waals surface area contributed by atoms with Crippen LogP contribution in [-0.4, -0.2) is 41.3 Å². The second-order valence-corrected chi connectivity index (χ2v) is 10.8. The van der Waals surface area contributed by atoms with Crippen LogP contribution in [0.4, 0.5) is 4.39 Å². The Kier molecular flexibility index (Phi) is 6.86. The molecule has 0 radical (unpaired) electrons. The standard InChI is InChI=1S/C25H29FN4O3S/c1-17-7-8-22(15-18(17)2)34(32,33)30-12-9-19(10-13-30)25(31)28-23(24-27-11-14-29(24)3)20-5-4-6-21(26)16-20/h4-8,11,14-16,19,23H,9-10,12-13H2,1-3H3,(H,28,31)/t23-/m0/s1. The fraction of sp³-hybridized carbons (Fsp3) is 0.360. The molecule has 1 aliphatic rings. The molecule has 2 aromatic carbocycles. The number of benzene rings is 2. The Balaban J connectivity index is 1.47. The van der Waals surface area contributed by atoms with Gasteiger partial charge in [0.05, 0.1) is 4.90 Å². The summed E-state index contributed by atoms with van der Waals surface area (Å²) in [5, 5.41) is 3.02. The lowest BCUT2D eigenvalue weighted by Crippen LogP contribution is -2.44. The molecule has 1 amide bonds.